The summed E-state index contributed by atoms with van der Waals surface area (Å²) in [4.78, 5) is 0. The topological polar surface area (TPSA) is 0 Å². The maximum atomic E-state index is 3.78. The van der Waals surface area contributed by atoms with Crippen molar-refractivity contribution in [3.8, 4) is 0 Å². The number of hydrogen-bond acceptors (Lipinski definition) is 0. The van der Waals surface area contributed by atoms with Crippen LogP contribution >= 0.6 is 15.9 Å². The Hall–Kier alpha value is 0.480. The second-order valence-corrected chi connectivity index (χ2v) is 10.8. The first-order valence-electron chi connectivity index (χ1n) is 15.0. The van der Waals surface area contributed by atoms with E-state index in [4.69, 9.17) is 0 Å². The number of alkyl halides is 1. The second-order valence-electron chi connectivity index (χ2n) is 10.2. The van der Waals surface area contributed by atoms with Gasteiger partial charge in [0.25, 0.3) is 0 Å². The van der Waals surface area contributed by atoms with Crippen molar-refractivity contribution in [1.82, 2.24) is 0 Å². The van der Waals surface area contributed by atoms with Gasteiger partial charge in [-0.05, 0) is 85.4 Å². The van der Waals surface area contributed by atoms with E-state index in [0.29, 0.717) is 5.41 Å². The molecule has 196 valence electrons. The molecule has 0 N–H and O–H groups in total. The minimum Gasteiger partial charge on any atom is -0.0925 e. The normalized spacial score (nSPS) is 35.5. The zero-order chi connectivity index (χ0) is 25.3. The molecule has 3 fully saturated rings. The summed E-state index contributed by atoms with van der Waals surface area (Å²) in [5.41, 5.74) is 0.657. The maximum Gasteiger partial charge on any atom is 0.00598 e. The fourth-order valence-electron chi connectivity index (χ4n) is 7.61. The van der Waals surface area contributed by atoms with Gasteiger partial charge in [-0.25, -0.2) is 0 Å². The van der Waals surface area contributed by atoms with Gasteiger partial charge in [0.2, 0.25) is 0 Å². The standard InChI is InChI=1S/C22H39Br.C3H8.3C2H6/c1-5-7-17-16(6-2)8-9-19-18(17)12-13-22(4)20(15(3)14-23)10-11-21(19)22;1-3-2;3*1-2/h15-21H,5-14H2,1-4H3;3H2,1-2H3;3*1-2H3. The molecule has 3 saturated carbocycles. The smallest absolute Gasteiger partial charge is 0.00598 e. The van der Waals surface area contributed by atoms with Crippen LogP contribution in [0.4, 0.5) is 0 Å². The quantitative estimate of drug-likeness (QED) is 0.318. The summed E-state index contributed by atoms with van der Waals surface area (Å²) in [5.74, 6) is 7.12. The predicted molar refractivity (Wildman–Crippen MR) is 155 cm³/mol. The SMILES string of the molecule is CC.CC.CC.CCC.CCCC1C(CC)CCC2C1CCC1(C)C(C(C)CBr)CCC21. The summed E-state index contributed by atoms with van der Waals surface area (Å²) in [7, 11) is 0. The van der Waals surface area contributed by atoms with Gasteiger partial charge < -0.3 is 0 Å². The maximum absolute atomic E-state index is 3.78. The van der Waals surface area contributed by atoms with Crippen LogP contribution < -0.4 is 0 Å². The highest BCUT2D eigenvalue weighted by Gasteiger charge is 2.56. The number of halogens is 1. The lowest BCUT2D eigenvalue weighted by Crippen LogP contribution is -2.48. The van der Waals surface area contributed by atoms with Crippen LogP contribution in [0, 0.1) is 46.8 Å². The molecular formula is C31H65Br. The van der Waals surface area contributed by atoms with Gasteiger partial charge in [-0.15, -0.1) is 0 Å². The van der Waals surface area contributed by atoms with Crippen molar-refractivity contribution in [2.24, 2.45) is 46.8 Å². The molecule has 8 unspecified atom stereocenters. The molecule has 0 bridgehead atoms. The molecule has 3 aliphatic carbocycles. The molecule has 0 radical (unpaired) electrons. The fourth-order valence-corrected chi connectivity index (χ4v) is 8.06. The van der Waals surface area contributed by atoms with Gasteiger partial charge in [-0.2, -0.15) is 0 Å². The number of rotatable bonds is 5. The van der Waals surface area contributed by atoms with Crippen LogP contribution in [0.25, 0.3) is 0 Å². The van der Waals surface area contributed by atoms with Gasteiger partial charge in [0, 0.05) is 5.33 Å². The van der Waals surface area contributed by atoms with Crippen LogP contribution in [0.3, 0.4) is 0 Å². The molecule has 0 aliphatic heterocycles. The molecule has 3 rings (SSSR count). The van der Waals surface area contributed by atoms with Crippen molar-refractivity contribution in [3.05, 3.63) is 0 Å². The monoisotopic (exact) mass is 516 g/mol. The van der Waals surface area contributed by atoms with Crippen LogP contribution in [-0.2, 0) is 0 Å². The van der Waals surface area contributed by atoms with E-state index in [1.807, 2.05) is 41.5 Å². The van der Waals surface area contributed by atoms with E-state index in [1.165, 1.54) is 56.7 Å². The lowest BCUT2D eigenvalue weighted by molar-refractivity contribution is -0.0602. The summed E-state index contributed by atoms with van der Waals surface area (Å²) in [6.45, 7) is 26.3. The molecule has 0 spiro atoms. The Kier molecular flexibility index (Phi) is 21.4. The van der Waals surface area contributed by atoms with E-state index in [0.717, 1.165) is 41.4 Å². The lowest BCUT2D eigenvalue weighted by atomic mass is 9.50. The van der Waals surface area contributed by atoms with E-state index in [-0.39, 0.29) is 0 Å². The Labute approximate surface area is 215 Å². The third kappa shape index (κ3) is 8.61. The Morgan fingerprint density at radius 2 is 1.38 bits per heavy atom. The van der Waals surface area contributed by atoms with Gasteiger partial charge in [0.1, 0.15) is 0 Å². The van der Waals surface area contributed by atoms with Gasteiger partial charge in [0.05, 0.1) is 0 Å². The largest absolute Gasteiger partial charge is 0.0925 e. The van der Waals surface area contributed by atoms with E-state index >= 15 is 0 Å². The molecular weight excluding hydrogens is 452 g/mol. The molecule has 0 aromatic carbocycles. The molecule has 3 aliphatic rings. The van der Waals surface area contributed by atoms with Crippen LogP contribution in [0.1, 0.15) is 147 Å². The second kappa shape index (κ2) is 19.8. The van der Waals surface area contributed by atoms with Crippen LogP contribution in [0.5, 0.6) is 0 Å². The summed E-state index contributed by atoms with van der Waals surface area (Å²) in [6, 6.07) is 0. The molecule has 1 heteroatoms. The van der Waals surface area contributed by atoms with Crippen molar-refractivity contribution >= 4 is 15.9 Å². The van der Waals surface area contributed by atoms with E-state index in [2.05, 4.69) is 57.5 Å². The van der Waals surface area contributed by atoms with E-state index in [9.17, 15) is 0 Å². The van der Waals surface area contributed by atoms with Crippen molar-refractivity contribution < 1.29 is 0 Å². The first-order chi connectivity index (χ1) is 15.5. The van der Waals surface area contributed by atoms with E-state index in [1.54, 1.807) is 12.8 Å². The summed E-state index contributed by atoms with van der Waals surface area (Å²) < 4.78 is 0. The molecule has 0 aromatic heterocycles. The van der Waals surface area contributed by atoms with Gasteiger partial charge in [0.15, 0.2) is 0 Å². The third-order valence-electron chi connectivity index (χ3n) is 8.67. The molecule has 0 nitrogen and oxygen atoms in total. The van der Waals surface area contributed by atoms with Crippen LogP contribution in [0.15, 0.2) is 0 Å². The molecule has 8 atom stereocenters. The Bertz CT molecular complexity index is 405. The minimum atomic E-state index is 0.657. The summed E-state index contributed by atoms with van der Waals surface area (Å²) in [5, 5.41) is 1.20. The van der Waals surface area contributed by atoms with Crippen molar-refractivity contribution in [1.29, 1.82) is 0 Å². The predicted octanol–water partition coefficient (Wildman–Crippen LogP) is 11.8. The van der Waals surface area contributed by atoms with Crippen molar-refractivity contribution in [2.75, 3.05) is 5.33 Å². The molecule has 0 heterocycles. The number of fused-ring (bicyclic) bond motifs is 3. The van der Waals surface area contributed by atoms with Crippen molar-refractivity contribution in [3.63, 3.8) is 0 Å². The zero-order valence-electron chi connectivity index (χ0n) is 24.7. The molecule has 32 heavy (non-hydrogen) atoms. The lowest BCUT2D eigenvalue weighted by Gasteiger charge is -2.55. The highest BCUT2D eigenvalue weighted by molar-refractivity contribution is 9.09. The van der Waals surface area contributed by atoms with Gasteiger partial charge in [-0.1, -0.05) is 125 Å². The third-order valence-corrected chi connectivity index (χ3v) is 9.69. The molecule has 0 saturated heterocycles. The molecule has 0 amide bonds. The Morgan fingerprint density at radius 1 is 0.812 bits per heavy atom. The van der Waals surface area contributed by atoms with Crippen LogP contribution in [0.2, 0.25) is 0 Å². The highest BCUT2D eigenvalue weighted by atomic mass is 79.9. The summed E-state index contributed by atoms with van der Waals surface area (Å²) in [6.07, 6.45) is 14.8. The average molecular weight is 518 g/mol. The minimum absolute atomic E-state index is 0.657. The average Bonchev–Trinajstić information content (AvgIpc) is 3.20. The molecule has 0 aromatic rings. The Balaban J connectivity index is 0. The van der Waals surface area contributed by atoms with Gasteiger partial charge >= 0.3 is 0 Å². The van der Waals surface area contributed by atoms with Gasteiger partial charge in [-0.3, -0.25) is 0 Å². The van der Waals surface area contributed by atoms with Crippen molar-refractivity contribution in [2.45, 2.75) is 147 Å². The first kappa shape index (κ1) is 34.6. The summed E-state index contributed by atoms with van der Waals surface area (Å²) >= 11 is 3.78. The number of hydrogen-bond donors (Lipinski definition) is 0. The fraction of sp³-hybridized carbons (Fsp3) is 1.00. The first-order valence-corrected chi connectivity index (χ1v) is 16.2. The Morgan fingerprint density at radius 3 is 1.84 bits per heavy atom. The van der Waals surface area contributed by atoms with E-state index < -0.39 is 0 Å². The zero-order valence-corrected chi connectivity index (χ0v) is 26.3. The van der Waals surface area contributed by atoms with Crippen LogP contribution in [-0.4, -0.2) is 5.33 Å². The highest BCUT2D eigenvalue weighted by Crippen LogP contribution is 2.64.